The van der Waals surface area contributed by atoms with Crippen LogP contribution in [-0.4, -0.2) is 50.6 Å². The van der Waals surface area contributed by atoms with E-state index >= 15 is 0 Å². The Hall–Kier alpha value is -1.93. The van der Waals surface area contributed by atoms with Gasteiger partial charge in [-0.1, -0.05) is 12.1 Å². The molecule has 1 amide bonds. The van der Waals surface area contributed by atoms with Crippen LogP contribution in [0.4, 0.5) is 0 Å². The molecule has 2 rings (SSSR count). The summed E-state index contributed by atoms with van der Waals surface area (Å²) >= 11 is 0. The first-order valence-electron chi connectivity index (χ1n) is 7.24. The molecular formula is C15H20N2O5S. The number of carbonyl (C=O) groups is 2. The number of nitrogens with one attached hydrogen (secondary N) is 1. The number of nitrogens with zero attached hydrogens (tertiary/aromatic N) is 1. The number of hydrogen-bond acceptors (Lipinski definition) is 5. The molecule has 1 aliphatic heterocycles. The number of ether oxygens (including phenoxy) is 1. The van der Waals surface area contributed by atoms with Crippen molar-refractivity contribution in [3.8, 4) is 0 Å². The summed E-state index contributed by atoms with van der Waals surface area (Å²) in [6.45, 7) is 0.652. The van der Waals surface area contributed by atoms with Crippen LogP contribution in [0.5, 0.6) is 0 Å². The topological polar surface area (TPSA) is 92.8 Å². The van der Waals surface area contributed by atoms with Crippen LogP contribution in [0.1, 0.15) is 28.8 Å². The Morgan fingerprint density at radius 3 is 2.52 bits per heavy atom. The van der Waals surface area contributed by atoms with Gasteiger partial charge in [0.05, 0.1) is 18.9 Å². The molecule has 7 nitrogen and oxygen atoms in total. The van der Waals surface area contributed by atoms with E-state index in [2.05, 4.69) is 10.1 Å². The van der Waals surface area contributed by atoms with Crippen molar-refractivity contribution >= 4 is 21.9 Å². The minimum absolute atomic E-state index is 0.272. The van der Waals surface area contributed by atoms with Crippen LogP contribution in [0, 0.1) is 0 Å². The van der Waals surface area contributed by atoms with Gasteiger partial charge in [0.15, 0.2) is 0 Å². The second kappa shape index (κ2) is 7.10. The second-order valence-electron chi connectivity index (χ2n) is 5.44. The number of sulfonamides is 1. The number of amides is 1. The van der Waals surface area contributed by atoms with Gasteiger partial charge in [-0.2, -0.15) is 4.31 Å². The van der Waals surface area contributed by atoms with Crippen LogP contribution in [0.25, 0.3) is 0 Å². The Morgan fingerprint density at radius 1 is 1.30 bits per heavy atom. The number of methoxy groups -OCH3 is 1. The summed E-state index contributed by atoms with van der Waals surface area (Å²) in [6, 6.07) is 6.03. The van der Waals surface area contributed by atoms with Crippen LogP contribution >= 0.6 is 0 Å². The standard InChI is InChI=1S/C15H20N2O5S/c1-22-15(19)12-7-5-11(6-8-12)10-16-14(18)13-4-3-9-17(13)23(2,20)21/h5-8,13H,3-4,9-10H2,1-2H3,(H,16,18). The summed E-state index contributed by atoms with van der Waals surface area (Å²) in [5.41, 5.74) is 1.25. The van der Waals surface area contributed by atoms with Crippen molar-refractivity contribution < 1.29 is 22.7 Å². The molecule has 1 aromatic carbocycles. The highest BCUT2D eigenvalue weighted by Crippen LogP contribution is 2.20. The molecule has 8 heteroatoms. The van der Waals surface area contributed by atoms with Crippen LogP contribution in [-0.2, 0) is 26.1 Å². The third kappa shape index (κ3) is 4.29. The molecule has 0 bridgehead atoms. The van der Waals surface area contributed by atoms with E-state index in [4.69, 9.17) is 0 Å². The zero-order valence-corrected chi connectivity index (χ0v) is 13.9. The lowest BCUT2D eigenvalue weighted by Gasteiger charge is -2.21. The van der Waals surface area contributed by atoms with Gasteiger partial charge in [0.1, 0.15) is 6.04 Å². The molecule has 0 aromatic heterocycles. The molecule has 0 radical (unpaired) electrons. The largest absolute Gasteiger partial charge is 0.465 e. The Bertz CT molecular complexity index is 684. The van der Waals surface area contributed by atoms with Gasteiger partial charge in [0.25, 0.3) is 0 Å². The lowest BCUT2D eigenvalue weighted by atomic mass is 10.1. The minimum Gasteiger partial charge on any atom is -0.465 e. The minimum atomic E-state index is -3.38. The molecule has 1 aromatic rings. The van der Waals surface area contributed by atoms with Crippen molar-refractivity contribution in [3.63, 3.8) is 0 Å². The molecule has 1 saturated heterocycles. The van der Waals surface area contributed by atoms with Gasteiger partial charge in [0.2, 0.25) is 15.9 Å². The molecule has 1 atom stereocenters. The van der Waals surface area contributed by atoms with Crippen LogP contribution in [0.15, 0.2) is 24.3 Å². The van der Waals surface area contributed by atoms with Crippen molar-refractivity contribution in [3.05, 3.63) is 35.4 Å². The average molecular weight is 340 g/mol. The predicted octanol–water partition coefficient (Wildman–Crippen LogP) is 0.513. The third-order valence-corrected chi connectivity index (χ3v) is 5.06. The molecule has 1 heterocycles. The molecule has 1 fully saturated rings. The molecular weight excluding hydrogens is 320 g/mol. The van der Waals surface area contributed by atoms with E-state index in [0.717, 1.165) is 11.8 Å². The number of benzene rings is 1. The fourth-order valence-corrected chi connectivity index (χ4v) is 3.71. The number of hydrogen-bond donors (Lipinski definition) is 1. The van der Waals surface area contributed by atoms with Gasteiger partial charge in [-0.3, -0.25) is 4.79 Å². The summed E-state index contributed by atoms with van der Waals surface area (Å²) in [5.74, 6) is -0.722. The Labute approximate surface area is 135 Å². The van der Waals surface area contributed by atoms with Gasteiger partial charge < -0.3 is 10.1 Å². The molecule has 1 N–H and O–H groups in total. The monoisotopic (exact) mass is 340 g/mol. The van der Waals surface area contributed by atoms with E-state index in [-0.39, 0.29) is 12.5 Å². The second-order valence-corrected chi connectivity index (χ2v) is 7.37. The predicted molar refractivity (Wildman–Crippen MR) is 84.2 cm³/mol. The quantitative estimate of drug-likeness (QED) is 0.789. The fraction of sp³-hybridized carbons (Fsp3) is 0.467. The van der Waals surface area contributed by atoms with E-state index in [1.165, 1.54) is 11.4 Å². The third-order valence-electron chi connectivity index (χ3n) is 3.77. The van der Waals surface area contributed by atoms with Gasteiger partial charge in [-0.25, -0.2) is 13.2 Å². The summed E-state index contributed by atoms with van der Waals surface area (Å²) in [4.78, 5) is 23.5. The SMILES string of the molecule is COC(=O)c1ccc(CNC(=O)C2CCCN2S(C)(=O)=O)cc1. The van der Waals surface area contributed by atoms with Crippen molar-refractivity contribution in [2.24, 2.45) is 0 Å². The summed E-state index contributed by atoms with van der Waals surface area (Å²) < 4.78 is 29.2. The van der Waals surface area contributed by atoms with Crippen molar-refractivity contribution in [1.29, 1.82) is 0 Å². The fourth-order valence-electron chi connectivity index (χ4n) is 2.58. The number of rotatable bonds is 5. The maximum atomic E-state index is 12.2. The van der Waals surface area contributed by atoms with Gasteiger partial charge in [-0.15, -0.1) is 0 Å². The molecule has 0 saturated carbocycles. The normalized spacial score (nSPS) is 18.6. The molecule has 1 aliphatic rings. The van der Waals surface area contributed by atoms with Crippen molar-refractivity contribution in [2.45, 2.75) is 25.4 Å². The number of esters is 1. The zero-order valence-electron chi connectivity index (χ0n) is 13.1. The highest BCUT2D eigenvalue weighted by Gasteiger charge is 2.36. The Balaban J connectivity index is 1.95. The van der Waals surface area contributed by atoms with Crippen molar-refractivity contribution in [1.82, 2.24) is 9.62 Å². The molecule has 0 aliphatic carbocycles. The first kappa shape index (κ1) is 17.4. The molecule has 1 unspecified atom stereocenters. The molecule has 126 valence electrons. The van der Waals surface area contributed by atoms with E-state index in [0.29, 0.717) is 24.9 Å². The number of carbonyl (C=O) groups excluding carboxylic acids is 2. The van der Waals surface area contributed by atoms with Gasteiger partial charge >= 0.3 is 5.97 Å². The van der Waals surface area contributed by atoms with Gasteiger partial charge in [0, 0.05) is 13.1 Å². The van der Waals surface area contributed by atoms with Crippen LogP contribution < -0.4 is 5.32 Å². The van der Waals surface area contributed by atoms with Crippen LogP contribution in [0.3, 0.4) is 0 Å². The van der Waals surface area contributed by atoms with E-state index in [1.54, 1.807) is 24.3 Å². The van der Waals surface area contributed by atoms with E-state index in [1.807, 2.05) is 0 Å². The lowest BCUT2D eigenvalue weighted by molar-refractivity contribution is -0.124. The molecule has 23 heavy (non-hydrogen) atoms. The summed E-state index contributed by atoms with van der Waals surface area (Å²) in [6.07, 6.45) is 2.32. The maximum absolute atomic E-state index is 12.2. The smallest absolute Gasteiger partial charge is 0.337 e. The maximum Gasteiger partial charge on any atom is 0.337 e. The first-order valence-corrected chi connectivity index (χ1v) is 9.09. The lowest BCUT2D eigenvalue weighted by Crippen LogP contribution is -2.45. The summed E-state index contributed by atoms with van der Waals surface area (Å²) in [5, 5.41) is 2.74. The Morgan fingerprint density at radius 2 is 1.96 bits per heavy atom. The summed E-state index contributed by atoms with van der Waals surface area (Å²) in [7, 11) is -2.07. The van der Waals surface area contributed by atoms with Crippen molar-refractivity contribution in [2.75, 3.05) is 19.9 Å². The highest BCUT2D eigenvalue weighted by atomic mass is 32.2. The van der Waals surface area contributed by atoms with E-state index < -0.39 is 22.0 Å². The molecule has 0 spiro atoms. The first-order chi connectivity index (χ1) is 10.8. The Kier molecular flexibility index (Phi) is 5.38. The van der Waals surface area contributed by atoms with Gasteiger partial charge in [-0.05, 0) is 30.5 Å². The average Bonchev–Trinajstić information content (AvgIpc) is 3.02. The van der Waals surface area contributed by atoms with Crippen LogP contribution in [0.2, 0.25) is 0 Å². The zero-order chi connectivity index (χ0) is 17.0. The van der Waals surface area contributed by atoms with E-state index in [9.17, 15) is 18.0 Å². The highest BCUT2D eigenvalue weighted by molar-refractivity contribution is 7.88.